The molecule has 1 aromatic carbocycles. The van der Waals surface area contributed by atoms with E-state index in [1.54, 1.807) is 35.7 Å². The average Bonchev–Trinajstić information content (AvgIpc) is 3.22. The van der Waals surface area contributed by atoms with Crippen molar-refractivity contribution in [3.05, 3.63) is 57.2 Å². The molecule has 1 saturated carbocycles. The van der Waals surface area contributed by atoms with Gasteiger partial charge in [0.2, 0.25) is 5.91 Å². The predicted octanol–water partition coefficient (Wildman–Crippen LogP) is 5.48. The quantitative estimate of drug-likeness (QED) is 0.623. The Hall–Kier alpha value is -2.06. The van der Waals surface area contributed by atoms with Crippen molar-refractivity contribution in [1.29, 1.82) is 0 Å². The first kappa shape index (κ1) is 22.6. The minimum absolute atomic E-state index is 0.100. The van der Waals surface area contributed by atoms with Gasteiger partial charge in [-0.3, -0.25) is 9.59 Å². The second kappa shape index (κ2) is 9.83. The van der Waals surface area contributed by atoms with Crippen molar-refractivity contribution < 1.29 is 22.8 Å². The van der Waals surface area contributed by atoms with Crippen LogP contribution in [0.5, 0.6) is 0 Å². The second-order valence-corrected chi connectivity index (χ2v) is 8.67. The Kier molecular flexibility index (Phi) is 7.41. The summed E-state index contributed by atoms with van der Waals surface area (Å²) in [6, 6.07) is 8.08. The number of thiophene rings is 1. The summed E-state index contributed by atoms with van der Waals surface area (Å²) in [4.78, 5) is 26.5. The van der Waals surface area contributed by atoms with Gasteiger partial charge in [0.05, 0.1) is 0 Å². The molecule has 3 rings (SSSR count). The molecule has 1 unspecified atom stereocenters. The Morgan fingerprint density at radius 3 is 2.43 bits per heavy atom. The molecule has 0 bridgehead atoms. The van der Waals surface area contributed by atoms with Crippen molar-refractivity contribution >= 4 is 34.8 Å². The third-order valence-electron chi connectivity index (χ3n) is 5.13. The van der Waals surface area contributed by atoms with E-state index in [9.17, 15) is 22.8 Å². The number of hydrogen-bond donors (Lipinski definition) is 1. The van der Waals surface area contributed by atoms with Gasteiger partial charge in [-0.15, -0.1) is 11.3 Å². The highest BCUT2D eigenvalue weighted by molar-refractivity contribution is 7.10. The highest BCUT2D eigenvalue weighted by atomic mass is 35.5. The van der Waals surface area contributed by atoms with Crippen molar-refractivity contribution in [2.24, 2.45) is 0 Å². The third kappa shape index (κ3) is 5.55. The molecule has 4 nitrogen and oxygen atoms in total. The summed E-state index contributed by atoms with van der Waals surface area (Å²) < 4.78 is 40.4. The van der Waals surface area contributed by atoms with E-state index in [1.807, 2.05) is 0 Å². The van der Waals surface area contributed by atoms with Gasteiger partial charge in [0.1, 0.15) is 6.04 Å². The molecule has 1 atom stereocenters. The van der Waals surface area contributed by atoms with E-state index in [1.165, 1.54) is 6.07 Å². The van der Waals surface area contributed by atoms with Gasteiger partial charge in [-0.05, 0) is 35.9 Å². The molecule has 0 aliphatic heterocycles. The molecule has 1 N–H and O–H groups in total. The number of rotatable bonds is 6. The lowest BCUT2D eigenvalue weighted by molar-refractivity contribution is -0.189. The Bertz CT molecular complexity index is 867. The molecule has 9 heteroatoms. The fourth-order valence-electron chi connectivity index (χ4n) is 3.65. The number of benzene rings is 1. The average molecular weight is 459 g/mol. The van der Waals surface area contributed by atoms with Crippen LogP contribution >= 0.6 is 22.9 Å². The standard InChI is InChI=1S/C21H22ClF3N2O2S/c22-16-10-5-4-7-14(16)13-27(20(29)21(23,24)25)18(17-11-6-12-30-17)19(28)26-15-8-2-1-3-9-15/h4-7,10-12,15,18H,1-3,8-9,13H2,(H,26,28). The Morgan fingerprint density at radius 2 is 1.83 bits per heavy atom. The highest BCUT2D eigenvalue weighted by Gasteiger charge is 2.47. The first-order valence-corrected chi connectivity index (χ1v) is 11.0. The molecular formula is C21H22ClF3N2O2S. The topological polar surface area (TPSA) is 49.4 Å². The molecule has 1 fully saturated rings. The number of halogens is 4. The SMILES string of the molecule is O=C(NC1CCCCC1)C(c1cccs1)N(Cc1ccccc1Cl)C(=O)C(F)(F)F. The second-order valence-electron chi connectivity index (χ2n) is 7.28. The van der Waals surface area contributed by atoms with Gasteiger partial charge in [-0.1, -0.05) is 55.1 Å². The number of hydrogen-bond acceptors (Lipinski definition) is 3. The van der Waals surface area contributed by atoms with Gasteiger partial charge in [0.15, 0.2) is 0 Å². The lowest BCUT2D eigenvalue weighted by Gasteiger charge is -2.33. The zero-order valence-corrected chi connectivity index (χ0v) is 17.7. The molecule has 0 spiro atoms. The lowest BCUT2D eigenvalue weighted by atomic mass is 9.95. The summed E-state index contributed by atoms with van der Waals surface area (Å²) in [6.07, 6.45) is -0.575. The maximum atomic E-state index is 13.5. The molecule has 1 heterocycles. The first-order valence-electron chi connectivity index (χ1n) is 9.72. The van der Waals surface area contributed by atoms with Gasteiger partial charge in [0.25, 0.3) is 0 Å². The molecule has 1 aliphatic rings. The molecule has 162 valence electrons. The largest absolute Gasteiger partial charge is 0.471 e. The zero-order valence-electron chi connectivity index (χ0n) is 16.1. The molecule has 0 saturated heterocycles. The zero-order chi connectivity index (χ0) is 21.7. The van der Waals surface area contributed by atoms with Crippen molar-refractivity contribution in [1.82, 2.24) is 10.2 Å². The minimum atomic E-state index is -5.12. The van der Waals surface area contributed by atoms with E-state index in [2.05, 4.69) is 5.32 Å². The molecule has 1 aliphatic carbocycles. The van der Waals surface area contributed by atoms with Crippen LogP contribution in [0.25, 0.3) is 0 Å². The number of alkyl halides is 3. The van der Waals surface area contributed by atoms with E-state index >= 15 is 0 Å². The van der Waals surface area contributed by atoms with Crippen molar-refractivity contribution in [2.75, 3.05) is 0 Å². The van der Waals surface area contributed by atoms with E-state index < -0.39 is 30.6 Å². The van der Waals surface area contributed by atoms with Crippen LogP contribution in [-0.2, 0) is 16.1 Å². The Balaban J connectivity index is 1.96. The number of nitrogens with zero attached hydrogens (tertiary/aromatic N) is 1. The third-order valence-corrected chi connectivity index (χ3v) is 6.42. The van der Waals surface area contributed by atoms with Crippen molar-refractivity contribution in [2.45, 2.75) is 56.9 Å². The van der Waals surface area contributed by atoms with E-state index in [0.717, 1.165) is 43.4 Å². The van der Waals surface area contributed by atoms with Crippen LogP contribution in [0, 0.1) is 0 Å². The van der Waals surface area contributed by atoms with Gasteiger partial charge < -0.3 is 10.2 Å². The van der Waals surface area contributed by atoms with Crippen LogP contribution in [0.3, 0.4) is 0 Å². The van der Waals surface area contributed by atoms with E-state index in [0.29, 0.717) is 15.3 Å². The van der Waals surface area contributed by atoms with Crippen LogP contribution in [0.2, 0.25) is 5.02 Å². The van der Waals surface area contributed by atoms with Crippen LogP contribution in [0.4, 0.5) is 13.2 Å². The van der Waals surface area contributed by atoms with Crippen molar-refractivity contribution in [3.8, 4) is 0 Å². The predicted molar refractivity (Wildman–Crippen MR) is 110 cm³/mol. The normalized spacial score (nSPS) is 16.1. The highest BCUT2D eigenvalue weighted by Crippen LogP contribution is 2.33. The van der Waals surface area contributed by atoms with Crippen LogP contribution < -0.4 is 5.32 Å². The maximum Gasteiger partial charge on any atom is 0.471 e. The summed E-state index contributed by atoms with van der Waals surface area (Å²) >= 11 is 7.27. The fourth-order valence-corrected chi connectivity index (χ4v) is 4.68. The van der Waals surface area contributed by atoms with Crippen LogP contribution in [0.1, 0.15) is 48.6 Å². The minimum Gasteiger partial charge on any atom is -0.351 e. The number of carbonyl (C=O) groups excluding carboxylic acids is 2. The molecule has 1 aromatic heterocycles. The smallest absolute Gasteiger partial charge is 0.351 e. The number of nitrogens with one attached hydrogen (secondary N) is 1. The van der Waals surface area contributed by atoms with Gasteiger partial charge >= 0.3 is 12.1 Å². The van der Waals surface area contributed by atoms with E-state index in [4.69, 9.17) is 11.6 Å². The Labute approximate surface area is 182 Å². The maximum absolute atomic E-state index is 13.5. The summed E-state index contributed by atoms with van der Waals surface area (Å²) in [5.41, 5.74) is 0.337. The van der Waals surface area contributed by atoms with Gasteiger partial charge in [-0.25, -0.2) is 0 Å². The summed E-state index contributed by atoms with van der Waals surface area (Å²) in [5, 5.41) is 4.77. The molecule has 2 amide bonds. The molecular weight excluding hydrogens is 437 g/mol. The summed E-state index contributed by atoms with van der Waals surface area (Å²) in [6.45, 7) is -0.432. The van der Waals surface area contributed by atoms with Crippen LogP contribution in [0.15, 0.2) is 41.8 Å². The van der Waals surface area contributed by atoms with Crippen molar-refractivity contribution in [3.63, 3.8) is 0 Å². The number of carbonyl (C=O) groups is 2. The van der Waals surface area contributed by atoms with Gasteiger partial charge in [-0.2, -0.15) is 13.2 Å². The Morgan fingerprint density at radius 1 is 1.13 bits per heavy atom. The number of amides is 2. The van der Waals surface area contributed by atoms with Crippen LogP contribution in [-0.4, -0.2) is 28.9 Å². The fraction of sp³-hybridized carbons (Fsp3) is 0.429. The van der Waals surface area contributed by atoms with Gasteiger partial charge in [0, 0.05) is 22.5 Å². The molecule has 0 radical (unpaired) electrons. The summed E-state index contributed by atoms with van der Waals surface area (Å²) in [5.74, 6) is -2.67. The lowest BCUT2D eigenvalue weighted by Crippen LogP contribution is -2.49. The summed E-state index contributed by atoms with van der Waals surface area (Å²) in [7, 11) is 0. The first-order chi connectivity index (χ1) is 14.3. The molecule has 2 aromatic rings. The molecule has 30 heavy (non-hydrogen) atoms. The monoisotopic (exact) mass is 458 g/mol. The van der Waals surface area contributed by atoms with E-state index in [-0.39, 0.29) is 11.1 Å².